The summed E-state index contributed by atoms with van der Waals surface area (Å²) in [7, 11) is 0. The maximum absolute atomic E-state index is 12.5. The Hall–Kier alpha value is -2.95. The molecule has 0 heterocycles. The Kier molecular flexibility index (Phi) is 9.18. The highest BCUT2D eigenvalue weighted by Crippen LogP contribution is 2.35. The minimum absolute atomic E-state index is 0.0236. The molecule has 0 spiro atoms. The second-order valence-corrected chi connectivity index (χ2v) is 9.24. The summed E-state index contributed by atoms with van der Waals surface area (Å²) in [6, 6.07) is 19.2. The van der Waals surface area contributed by atoms with Gasteiger partial charge in [-0.3, -0.25) is 14.4 Å². The summed E-state index contributed by atoms with van der Waals surface area (Å²) >= 11 is 0. The van der Waals surface area contributed by atoms with Crippen molar-refractivity contribution in [3.05, 3.63) is 71.8 Å². The first kappa shape index (κ1) is 25.3. The van der Waals surface area contributed by atoms with Crippen molar-refractivity contribution in [3.8, 4) is 0 Å². The van der Waals surface area contributed by atoms with Gasteiger partial charge in [0.1, 0.15) is 5.78 Å². The predicted molar refractivity (Wildman–Crippen MR) is 125 cm³/mol. The summed E-state index contributed by atoms with van der Waals surface area (Å²) in [6.07, 6.45) is 3.36. The second kappa shape index (κ2) is 11.6. The number of ketones is 1. The maximum Gasteiger partial charge on any atom is 0.304 e. The van der Waals surface area contributed by atoms with Crippen LogP contribution in [0.1, 0.15) is 76.3 Å². The second-order valence-electron chi connectivity index (χ2n) is 9.24. The van der Waals surface area contributed by atoms with Gasteiger partial charge in [0.05, 0.1) is 12.8 Å². The van der Waals surface area contributed by atoms with E-state index in [1.54, 1.807) is 0 Å². The lowest BCUT2D eigenvalue weighted by Gasteiger charge is -2.29. The average molecular weight is 439 g/mol. The third-order valence-electron chi connectivity index (χ3n) is 6.39. The lowest BCUT2D eigenvalue weighted by molar-refractivity contribution is -0.139. The standard InChI is InChI=1S/C27H34O5/c1-26(19-24(29)30,21-11-5-3-6-12-21)17-9-15-23(28)16-10-18-27(2,20-25(31)32)22-13-7-4-8-14-22/h3-8,11-14H,9-10,15-20H2,1-2H3,(H,29,30)(H,31,32). The van der Waals surface area contributed by atoms with Gasteiger partial charge in [0, 0.05) is 23.7 Å². The molecular formula is C27H34O5. The first-order chi connectivity index (χ1) is 15.1. The number of hydrogen-bond donors (Lipinski definition) is 2. The lowest BCUT2D eigenvalue weighted by atomic mass is 9.74. The van der Waals surface area contributed by atoms with Crippen LogP contribution in [-0.2, 0) is 25.2 Å². The van der Waals surface area contributed by atoms with Gasteiger partial charge in [-0.15, -0.1) is 0 Å². The minimum Gasteiger partial charge on any atom is -0.481 e. The normalized spacial score (nSPS) is 14.8. The Balaban J connectivity index is 1.89. The quantitative estimate of drug-likeness (QED) is 0.391. The van der Waals surface area contributed by atoms with Gasteiger partial charge in [0.2, 0.25) is 0 Å². The number of carboxylic acids is 2. The highest BCUT2D eigenvalue weighted by molar-refractivity contribution is 5.78. The highest BCUT2D eigenvalue weighted by Gasteiger charge is 2.30. The molecule has 2 rings (SSSR count). The Bertz CT molecular complexity index is 819. The van der Waals surface area contributed by atoms with Crippen LogP contribution in [0.25, 0.3) is 0 Å². The Morgan fingerprint density at radius 2 is 1.00 bits per heavy atom. The Morgan fingerprint density at radius 3 is 1.31 bits per heavy atom. The van der Waals surface area contributed by atoms with Crippen LogP contribution in [0, 0.1) is 0 Å². The largest absolute Gasteiger partial charge is 0.481 e. The zero-order chi connectivity index (χ0) is 23.6. The third kappa shape index (κ3) is 7.63. The summed E-state index contributed by atoms with van der Waals surface area (Å²) in [5.41, 5.74) is 0.922. The van der Waals surface area contributed by atoms with Gasteiger partial charge in [-0.05, 0) is 36.8 Å². The van der Waals surface area contributed by atoms with Crippen LogP contribution < -0.4 is 0 Å². The highest BCUT2D eigenvalue weighted by atomic mass is 16.4. The van der Waals surface area contributed by atoms with Crippen LogP contribution in [0.4, 0.5) is 0 Å². The molecule has 5 nitrogen and oxygen atoms in total. The van der Waals surface area contributed by atoms with Crippen molar-refractivity contribution in [1.82, 2.24) is 0 Å². The van der Waals surface area contributed by atoms with E-state index in [1.165, 1.54) is 0 Å². The fraction of sp³-hybridized carbons (Fsp3) is 0.444. The average Bonchev–Trinajstić information content (AvgIpc) is 2.74. The zero-order valence-corrected chi connectivity index (χ0v) is 19.0. The van der Waals surface area contributed by atoms with E-state index < -0.39 is 22.8 Å². The molecule has 0 radical (unpaired) electrons. The Labute approximate surface area is 190 Å². The van der Waals surface area contributed by atoms with Gasteiger partial charge in [-0.1, -0.05) is 74.5 Å². The fourth-order valence-corrected chi connectivity index (χ4v) is 4.49. The van der Waals surface area contributed by atoms with Crippen molar-refractivity contribution in [1.29, 1.82) is 0 Å². The van der Waals surface area contributed by atoms with Crippen molar-refractivity contribution in [2.45, 2.75) is 76.0 Å². The van der Waals surface area contributed by atoms with Crippen LogP contribution in [0.2, 0.25) is 0 Å². The smallest absolute Gasteiger partial charge is 0.304 e. The minimum atomic E-state index is -0.846. The van der Waals surface area contributed by atoms with Crippen LogP contribution in [0.3, 0.4) is 0 Å². The van der Waals surface area contributed by atoms with Gasteiger partial charge in [0.25, 0.3) is 0 Å². The molecule has 2 atom stereocenters. The number of Topliss-reactive ketones (excluding diaryl/α,β-unsaturated/α-hetero) is 1. The first-order valence-electron chi connectivity index (χ1n) is 11.2. The molecular weight excluding hydrogens is 404 g/mol. The molecule has 2 aromatic rings. The van der Waals surface area contributed by atoms with Crippen molar-refractivity contribution >= 4 is 17.7 Å². The van der Waals surface area contributed by atoms with E-state index in [0.717, 1.165) is 11.1 Å². The molecule has 0 aliphatic rings. The molecule has 0 aliphatic heterocycles. The molecule has 0 amide bonds. The topological polar surface area (TPSA) is 91.7 Å². The van der Waals surface area contributed by atoms with Crippen LogP contribution in [0.15, 0.2) is 60.7 Å². The van der Waals surface area contributed by atoms with Crippen LogP contribution in [0.5, 0.6) is 0 Å². The lowest BCUT2D eigenvalue weighted by Crippen LogP contribution is -2.26. The molecule has 5 heteroatoms. The number of carboxylic acid groups (broad SMARTS) is 2. The van der Waals surface area contributed by atoms with Gasteiger partial charge in [-0.25, -0.2) is 0 Å². The summed E-state index contributed by atoms with van der Waals surface area (Å²) < 4.78 is 0. The van der Waals surface area contributed by atoms with E-state index in [1.807, 2.05) is 74.5 Å². The van der Waals surface area contributed by atoms with E-state index in [-0.39, 0.29) is 18.6 Å². The number of carbonyl (C=O) groups excluding carboxylic acids is 1. The van der Waals surface area contributed by atoms with Crippen LogP contribution >= 0.6 is 0 Å². The van der Waals surface area contributed by atoms with Crippen molar-refractivity contribution in [2.75, 3.05) is 0 Å². The molecule has 0 fully saturated rings. The Morgan fingerprint density at radius 1 is 0.656 bits per heavy atom. The molecule has 32 heavy (non-hydrogen) atoms. The van der Waals surface area contributed by atoms with Gasteiger partial charge < -0.3 is 10.2 Å². The van der Waals surface area contributed by atoms with Gasteiger partial charge in [-0.2, -0.15) is 0 Å². The van der Waals surface area contributed by atoms with E-state index in [9.17, 15) is 24.6 Å². The summed E-state index contributed by atoms with van der Waals surface area (Å²) in [6.45, 7) is 3.89. The summed E-state index contributed by atoms with van der Waals surface area (Å²) in [5.74, 6) is -1.55. The van der Waals surface area contributed by atoms with Gasteiger partial charge >= 0.3 is 11.9 Å². The van der Waals surface area contributed by atoms with E-state index >= 15 is 0 Å². The maximum atomic E-state index is 12.5. The summed E-state index contributed by atoms with van der Waals surface area (Å²) in [5, 5.41) is 18.7. The van der Waals surface area contributed by atoms with Crippen molar-refractivity contribution in [3.63, 3.8) is 0 Å². The predicted octanol–water partition coefficient (Wildman–Crippen LogP) is 5.76. The molecule has 0 bridgehead atoms. The molecule has 172 valence electrons. The van der Waals surface area contributed by atoms with E-state index in [0.29, 0.717) is 38.5 Å². The molecule has 0 saturated heterocycles. The molecule has 2 unspecified atom stereocenters. The fourth-order valence-electron chi connectivity index (χ4n) is 4.49. The number of carbonyl (C=O) groups is 3. The van der Waals surface area contributed by atoms with E-state index in [2.05, 4.69) is 0 Å². The van der Waals surface area contributed by atoms with E-state index in [4.69, 9.17) is 0 Å². The molecule has 2 aromatic carbocycles. The monoisotopic (exact) mass is 438 g/mol. The zero-order valence-electron chi connectivity index (χ0n) is 19.0. The van der Waals surface area contributed by atoms with Gasteiger partial charge in [0.15, 0.2) is 0 Å². The number of hydrogen-bond acceptors (Lipinski definition) is 3. The molecule has 0 aliphatic carbocycles. The van der Waals surface area contributed by atoms with Crippen molar-refractivity contribution < 1.29 is 24.6 Å². The number of rotatable bonds is 14. The molecule has 2 N–H and O–H groups in total. The SMILES string of the molecule is CC(CCCC(=O)CCCC(C)(CC(=O)O)c1ccccc1)(CC(=O)O)c1ccccc1. The summed E-state index contributed by atoms with van der Waals surface area (Å²) in [4.78, 5) is 35.3. The molecule has 0 saturated carbocycles. The van der Waals surface area contributed by atoms with Crippen LogP contribution in [-0.4, -0.2) is 27.9 Å². The first-order valence-corrected chi connectivity index (χ1v) is 11.2. The third-order valence-corrected chi connectivity index (χ3v) is 6.39. The molecule has 0 aromatic heterocycles. The number of benzene rings is 2. The number of aliphatic carboxylic acids is 2. The van der Waals surface area contributed by atoms with Crippen molar-refractivity contribution in [2.24, 2.45) is 0 Å².